The van der Waals surface area contributed by atoms with Crippen LogP contribution in [-0.2, 0) is 16.0 Å². The van der Waals surface area contributed by atoms with E-state index in [4.69, 9.17) is 4.74 Å². The van der Waals surface area contributed by atoms with Crippen molar-refractivity contribution in [2.24, 2.45) is 5.92 Å². The van der Waals surface area contributed by atoms with Crippen molar-refractivity contribution in [3.8, 4) is 11.4 Å². The average molecular weight is 300 g/mol. The topological polar surface area (TPSA) is 77.0 Å². The van der Waals surface area contributed by atoms with E-state index in [9.17, 15) is 4.79 Å². The third-order valence-electron chi connectivity index (χ3n) is 3.27. The van der Waals surface area contributed by atoms with E-state index in [-0.39, 0.29) is 11.9 Å². The molecule has 0 aliphatic carbocycles. The zero-order chi connectivity index (χ0) is 15.9. The molecule has 0 amide bonds. The van der Waals surface area contributed by atoms with Gasteiger partial charge in [-0.2, -0.15) is 0 Å². The van der Waals surface area contributed by atoms with Crippen molar-refractivity contribution in [2.45, 2.75) is 20.3 Å². The number of esters is 1. The van der Waals surface area contributed by atoms with Crippen molar-refractivity contribution in [3.63, 3.8) is 0 Å². The molecule has 0 saturated heterocycles. The molecule has 0 saturated carbocycles. The highest BCUT2D eigenvalue weighted by Crippen LogP contribution is 2.17. The van der Waals surface area contributed by atoms with Gasteiger partial charge in [0.2, 0.25) is 0 Å². The molecular weight excluding hydrogens is 280 g/mol. The molecule has 1 unspecified atom stereocenters. The molecule has 22 heavy (non-hydrogen) atoms. The first kappa shape index (κ1) is 15.9. The molecule has 0 spiro atoms. The third-order valence-corrected chi connectivity index (χ3v) is 3.27. The van der Waals surface area contributed by atoms with Crippen molar-refractivity contribution < 1.29 is 9.53 Å². The molecule has 6 nitrogen and oxygen atoms in total. The third kappa shape index (κ3) is 4.00. The molecule has 2 heterocycles. The van der Waals surface area contributed by atoms with Gasteiger partial charge in [0.1, 0.15) is 5.82 Å². The molecule has 1 atom stereocenters. The summed E-state index contributed by atoms with van der Waals surface area (Å²) in [6, 6.07) is 5.64. The van der Waals surface area contributed by atoms with Crippen molar-refractivity contribution in [1.82, 2.24) is 15.0 Å². The van der Waals surface area contributed by atoms with Crippen molar-refractivity contribution >= 4 is 11.8 Å². The Bertz CT molecular complexity index is 631. The predicted octanol–water partition coefficient (Wildman–Crippen LogP) is 2.32. The highest BCUT2D eigenvalue weighted by molar-refractivity contribution is 5.72. The number of carbonyl (C=O) groups is 1. The highest BCUT2D eigenvalue weighted by atomic mass is 16.5. The maximum atomic E-state index is 11.4. The van der Waals surface area contributed by atoms with E-state index in [0.29, 0.717) is 18.2 Å². The molecule has 1 N–H and O–H groups in total. The highest BCUT2D eigenvalue weighted by Gasteiger charge is 2.13. The lowest BCUT2D eigenvalue weighted by Crippen LogP contribution is -2.22. The minimum Gasteiger partial charge on any atom is -0.469 e. The maximum Gasteiger partial charge on any atom is 0.310 e. The SMILES string of the molecule is CCc1cc(NCC(C)C(=O)OC)nc(-c2ccncc2)n1. The van der Waals surface area contributed by atoms with Gasteiger partial charge < -0.3 is 10.1 Å². The van der Waals surface area contributed by atoms with Gasteiger partial charge in [-0.3, -0.25) is 9.78 Å². The number of aryl methyl sites for hydroxylation is 1. The van der Waals surface area contributed by atoms with Gasteiger partial charge in [0, 0.05) is 36.3 Å². The van der Waals surface area contributed by atoms with Gasteiger partial charge >= 0.3 is 5.97 Å². The van der Waals surface area contributed by atoms with E-state index in [1.54, 1.807) is 12.4 Å². The second-order valence-corrected chi connectivity index (χ2v) is 4.96. The second kappa shape index (κ2) is 7.49. The molecule has 0 bridgehead atoms. The number of ether oxygens (including phenoxy) is 1. The number of methoxy groups -OCH3 is 1. The number of anilines is 1. The van der Waals surface area contributed by atoms with Crippen LogP contribution in [0.4, 0.5) is 5.82 Å². The van der Waals surface area contributed by atoms with Crippen LogP contribution in [0.15, 0.2) is 30.6 Å². The molecular formula is C16H20N4O2. The first-order chi connectivity index (χ1) is 10.6. The summed E-state index contributed by atoms with van der Waals surface area (Å²) in [4.78, 5) is 24.5. The summed E-state index contributed by atoms with van der Waals surface area (Å²) < 4.78 is 4.72. The Morgan fingerprint density at radius 1 is 1.32 bits per heavy atom. The van der Waals surface area contributed by atoms with Crippen LogP contribution in [0.1, 0.15) is 19.5 Å². The van der Waals surface area contributed by atoms with Gasteiger partial charge in [-0.15, -0.1) is 0 Å². The molecule has 2 aromatic rings. The van der Waals surface area contributed by atoms with E-state index in [2.05, 4.69) is 20.3 Å². The van der Waals surface area contributed by atoms with Gasteiger partial charge in [-0.1, -0.05) is 13.8 Å². The number of aromatic nitrogens is 3. The fourth-order valence-corrected chi connectivity index (χ4v) is 1.94. The number of nitrogens with one attached hydrogen (secondary N) is 1. The number of hydrogen-bond donors (Lipinski definition) is 1. The van der Waals surface area contributed by atoms with E-state index in [1.165, 1.54) is 7.11 Å². The molecule has 0 aliphatic rings. The molecule has 2 aromatic heterocycles. The van der Waals surface area contributed by atoms with E-state index in [1.807, 2.05) is 32.0 Å². The first-order valence-corrected chi connectivity index (χ1v) is 7.24. The Morgan fingerprint density at radius 2 is 2.05 bits per heavy atom. The Morgan fingerprint density at radius 3 is 2.68 bits per heavy atom. The monoisotopic (exact) mass is 300 g/mol. The van der Waals surface area contributed by atoms with Crippen LogP contribution >= 0.6 is 0 Å². The lowest BCUT2D eigenvalue weighted by molar-refractivity contribution is -0.144. The van der Waals surface area contributed by atoms with Crippen LogP contribution < -0.4 is 5.32 Å². The number of nitrogens with zero attached hydrogens (tertiary/aromatic N) is 3. The quantitative estimate of drug-likeness (QED) is 0.825. The predicted molar refractivity (Wildman–Crippen MR) is 84.3 cm³/mol. The van der Waals surface area contributed by atoms with Crippen LogP contribution in [0, 0.1) is 5.92 Å². The first-order valence-electron chi connectivity index (χ1n) is 7.24. The molecule has 0 fully saturated rings. The molecule has 0 aromatic carbocycles. The van der Waals surface area contributed by atoms with E-state index in [0.717, 1.165) is 17.7 Å². The van der Waals surface area contributed by atoms with Gasteiger partial charge in [0.25, 0.3) is 0 Å². The Kier molecular flexibility index (Phi) is 5.41. The summed E-state index contributed by atoms with van der Waals surface area (Å²) in [6.07, 6.45) is 4.23. The van der Waals surface area contributed by atoms with E-state index >= 15 is 0 Å². The van der Waals surface area contributed by atoms with Crippen molar-refractivity contribution in [2.75, 3.05) is 19.0 Å². The number of carbonyl (C=O) groups excluding carboxylic acids is 1. The summed E-state index contributed by atoms with van der Waals surface area (Å²) in [5.74, 6) is 0.866. The van der Waals surface area contributed by atoms with Crippen molar-refractivity contribution in [3.05, 3.63) is 36.3 Å². The summed E-state index contributed by atoms with van der Waals surface area (Å²) in [5.41, 5.74) is 1.85. The summed E-state index contributed by atoms with van der Waals surface area (Å²) in [6.45, 7) is 4.31. The smallest absolute Gasteiger partial charge is 0.310 e. The lowest BCUT2D eigenvalue weighted by Gasteiger charge is -2.12. The zero-order valence-corrected chi connectivity index (χ0v) is 13.0. The Labute approximate surface area is 130 Å². The Balaban J connectivity index is 2.19. The molecule has 0 aliphatic heterocycles. The minimum atomic E-state index is -0.244. The van der Waals surface area contributed by atoms with Crippen LogP contribution in [-0.4, -0.2) is 34.6 Å². The molecule has 116 valence electrons. The fourth-order valence-electron chi connectivity index (χ4n) is 1.94. The molecule has 6 heteroatoms. The van der Waals surface area contributed by atoms with Crippen molar-refractivity contribution in [1.29, 1.82) is 0 Å². The van der Waals surface area contributed by atoms with Crippen LogP contribution in [0.2, 0.25) is 0 Å². The summed E-state index contributed by atoms with van der Waals surface area (Å²) in [5, 5.41) is 3.18. The number of pyridine rings is 1. The minimum absolute atomic E-state index is 0.241. The van der Waals surface area contributed by atoms with Crippen LogP contribution in [0.25, 0.3) is 11.4 Å². The fraction of sp³-hybridized carbons (Fsp3) is 0.375. The zero-order valence-electron chi connectivity index (χ0n) is 13.0. The largest absolute Gasteiger partial charge is 0.469 e. The normalized spacial score (nSPS) is 11.8. The average Bonchev–Trinajstić information content (AvgIpc) is 2.59. The van der Waals surface area contributed by atoms with Crippen LogP contribution in [0.5, 0.6) is 0 Å². The van der Waals surface area contributed by atoms with Gasteiger partial charge in [0.05, 0.1) is 13.0 Å². The lowest BCUT2D eigenvalue weighted by atomic mass is 10.2. The number of rotatable bonds is 6. The number of hydrogen-bond acceptors (Lipinski definition) is 6. The summed E-state index contributed by atoms with van der Waals surface area (Å²) >= 11 is 0. The molecule has 2 rings (SSSR count). The summed E-state index contributed by atoms with van der Waals surface area (Å²) in [7, 11) is 1.39. The Hall–Kier alpha value is -2.50. The van der Waals surface area contributed by atoms with Gasteiger partial charge in [-0.25, -0.2) is 9.97 Å². The van der Waals surface area contributed by atoms with E-state index < -0.39 is 0 Å². The second-order valence-electron chi connectivity index (χ2n) is 4.96. The van der Waals surface area contributed by atoms with Crippen LogP contribution in [0.3, 0.4) is 0 Å². The molecule has 0 radical (unpaired) electrons. The maximum absolute atomic E-state index is 11.4. The van der Waals surface area contributed by atoms with Gasteiger partial charge in [0.15, 0.2) is 5.82 Å². The standard InChI is InChI=1S/C16H20N4O2/c1-4-13-9-14(18-10-11(2)16(21)22-3)20-15(19-13)12-5-7-17-8-6-12/h5-9,11H,4,10H2,1-3H3,(H,18,19,20). The van der Waals surface area contributed by atoms with Gasteiger partial charge in [-0.05, 0) is 18.6 Å².